The van der Waals surface area contributed by atoms with Gasteiger partial charge < -0.3 is 19.3 Å². The minimum atomic E-state index is -1.18. The second-order valence-corrected chi connectivity index (χ2v) is 8.34. The molecular weight excluding hydrogens is 401 g/mol. The number of aromatic nitrogens is 1. The van der Waals surface area contributed by atoms with Crippen molar-refractivity contribution in [3.05, 3.63) is 53.8 Å². The Morgan fingerprint density at radius 2 is 1.90 bits per heavy atom. The Labute approximate surface area is 178 Å². The van der Waals surface area contributed by atoms with Gasteiger partial charge in [0, 0.05) is 42.9 Å². The van der Waals surface area contributed by atoms with Crippen molar-refractivity contribution in [2.75, 3.05) is 19.6 Å². The summed E-state index contributed by atoms with van der Waals surface area (Å²) >= 11 is 0. The molecule has 5 rings (SSSR count). The van der Waals surface area contributed by atoms with Crippen LogP contribution in [0, 0.1) is 5.82 Å². The molecule has 0 radical (unpaired) electrons. The summed E-state index contributed by atoms with van der Waals surface area (Å²) in [6, 6.07) is 11.0. The molecule has 2 aliphatic rings. The molecule has 1 saturated carbocycles. The fraction of sp³-hybridized carbons (Fsp3) is 0.348. The van der Waals surface area contributed by atoms with Gasteiger partial charge in [0.1, 0.15) is 16.9 Å². The van der Waals surface area contributed by atoms with Crippen molar-refractivity contribution in [1.82, 2.24) is 14.8 Å². The lowest BCUT2D eigenvalue weighted by Crippen LogP contribution is -2.57. The molecule has 1 N–H and O–H groups in total. The molecular formula is C23H22FN3O4. The number of benzene rings is 2. The van der Waals surface area contributed by atoms with Crippen molar-refractivity contribution < 1.29 is 23.5 Å². The molecule has 1 aliphatic heterocycles. The molecule has 1 atom stereocenters. The summed E-state index contributed by atoms with van der Waals surface area (Å²) in [6.07, 6.45) is 1.03. The van der Waals surface area contributed by atoms with Gasteiger partial charge in [0.25, 0.3) is 11.8 Å². The van der Waals surface area contributed by atoms with Crippen molar-refractivity contribution in [2.24, 2.45) is 0 Å². The number of carbonyl (C=O) groups excluding carboxylic acids is 2. The summed E-state index contributed by atoms with van der Waals surface area (Å²) in [4.78, 5) is 33.1. The number of hydrogen-bond acceptors (Lipinski definition) is 5. The molecule has 8 heteroatoms. The van der Waals surface area contributed by atoms with Crippen molar-refractivity contribution >= 4 is 22.9 Å². The minimum Gasteiger partial charge on any atom is -0.436 e. The predicted molar refractivity (Wildman–Crippen MR) is 111 cm³/mol. The Hall–Kier alpha value is -3.26. The molecule has 160 valence electrons. The van der Waals surface area contributed by atoms with Gasteiger partial charge in [-0.25, -0.2) is 9.37 Å². The van der Waals surface area contributed by atoms with E-state index in [0.717, 1.165) is 0 Å². The molecule has 3 aromatic rings. The lowest BCUT2D eigenvalue weighted by Gasteiger charge is -2.40. The van der Waals surface area contributed by atoms with Gasteiger partial charge in [-0.1, -0.05) is 0 Å². The van der Waals surface area contributed by atoms with Crippen LogP contribution in [0.15, 0.2) is 46.9 Å². The normalized spacial score (nSPS) is 20.2. The van der Waals surface area contributed by atoms with E-state index < -0.39 is 11.4 Å². The number of nitrogens with zero attached hydrogens (tertiary/aromatic N) is 3. The number of hydrogen-bond donors (Lipinski definition) is 1. The molecule has 2 fully saturated rings. The van der Waals surface area contributed by atoms with Crippen LogP contribution in [0.3, 0.4) is 0 Å². The second kappa shape index (κ2) is 7.16. The first-order valence-electron chi connectivity index (χ1n) is 10.3. The summed E-state index contributed by atoms with van der Waals surface area (Å²) in [6.45, 7) is 3.14. The van der Waals surface area contributed by atoms with Crippen molar-refractivity contribution in [3.63, 3.8) is 0 Å². The monoisotopic (exact) mass is 423 g/mol. The van der Waals surface area contributed by atoms with Crippen LogP contribution in [-0.2, 0) is 4.79 Å². The van der Waals surface area contributed by atoms with E-state index in [-0.39, 0.29) is 17.9 Å². The third-order valence-corrected chi connectivity index (χ3v) is 6.03. The van der Waals surface area contributed by atoms with E-state index in [4.69, 9.17) is 4.42 Å². The van der Waals surface area contributed by atoms with Gasteiger partial charge in [0.2, 0.25) is 5.89 Å². The first-order valence-corrected chi connectivity index (χ1v) is 10.3. The topological polar surface area (TPSA) is 86.9 Å². The third kappa shape index (κ3) is 3.57. The molecule has 0 bridgehead atoms. The van der Waals surface area contributed by atoms with Gasteiger partial charge in [0.15, 0.2) is 5.58 Å². The number of rotatable bonds is 3. The van der Waals surface area contributed by atoms with E-state index in [1.165, 1.54) is 12.1 Å². The zero-order valence-electron chi connectivity index (χ0n) is 17.0. The summed E-state index contributed by atoms with van der Waals surface area (Å²) in [5.41, 5.74) is 0.964. The smallest absolute Gasteiger partial charge is 0.254 e. The SMILES string of the molecule is CC1CN(C(=O)C2(O)CC2)CCN1C(=O)c1ccc(-c2nc3ccc(F)cc3o2)cc1. The Morgan fingerprint density at radius 3 is 2.58 bits per heavy atom. The Bertz CT molecular complexity index is 1170. The van der Waals surface area contributed by atoms with Crippen LogP contribution in [-0.4, -0.2) is 63.0 Å². The van der Waals surface area contributed by atoms with Crippen molar-refractivity contribution in [1.29, 1.82) is 0 Å². The first-order chi connectivity index (χ1) is 14.8. The maximum absolute atomic E-state index is 13.4. The predicted octanol–water partition coefficient (Wildman–Crippen LogP) is 2.83. The molecule has 2 aromatic carbocycles. The zero-order chi connectivity index (χ0) is 21.8. The number of piperazine rings is 1. The van der Waals surface area contributed by atoms with Gasteiger partial charge in [-0.2, -0.15) is 0 Å². The molecule has 31 heavy (non-hydrogen) atoms. The van der Waals surface area contributed by atoms with Crippen LogP contribution >= 0.6 is 0 Å². The van der Waals surface area contributed by atoms with Crippen LogP contribution in [0.5, 0.6) is 0 Å². The van der Waals surface area contributed by atoms with E-state index in [1.54, 1.807) is 40.1 Å². The van der Waals surface area contributed by atoms with E-state index in [9.17, 15) is 19.1 Å². The van der Waals surface area contributed by atoms with E-state index in [0.29, 0.717) is 60.6 Å². The fourth-order valence-corrected chi connectivity index (χ4v) is 4.01. The number of amides is 2. The summed E-state index contributed by atoms with van der Waals surface area (Å²) < 4.78 is 19.0. The number of halogens is 1. The van der Waals surface area contributed by atoms with Crippen LogP contribution in [0.4, 0.5) is 4.39 Å². The summed E-state index contributed by atoms with van der Waals surface area (Å²) in [5, 5.41) is 10.1. The van der Waals surface area contributed by atoms with Gasteiger partial charge in [0.05, 0.1) is 0 Å². The summed E-state index contributed by atoms with van der Waals surface area (Å²) in [5.74, 6) is -0.374. The van der Waals surface area contributed by atoms with Crippen LogP contribution < -0.4 is 0 Å². The highest BCUT2D eigenvalue weighted by Crippen LogP contribution is 2.37. The standard InChI is InChI=1S/C23H22FN3O4/c1-14-13-26(22(29)23(30)8-9-23)10-11-27(14)21(28)16-4-2-15(3-5-16)20-25-18-7-6-17(24)12-19(18)31-20/h2-7,12,14,30H,8-11,13H2,1H3. The number of aliphatic hydroxyl groups is 1. The fourth-order valence-electron chi connectivity index (χ4n) is 4.01. The molecule has 1 aromatic heterocycles. The average molecular weight is 423 g/mol. The average Bonchev–Trinajstić information content (AvgIpc) is 3.38. The van der Waals surface area contributed by atoms with Crippen LogP contribution in [0.2, 0.25) is 0 Å². The Balaban J connectivity index is 1.29. The van der Waals surface area contributed by atoms with Crippen molar-refractivity contribution in [2.45, 2.75) is 31.4 Å². The number of oxazole rings is 1. The van der Waals surface area contributed by atoms with Gasteiger partial charge >= 0.3 is 0 Å². The quantitative estimate of drug-likeness (QED) is 0.700. The first kappa shape index (κ1) is 19.7. The van der Waals surface area contributed by atoms with Crippen molar-refractivity contribution in [3.8, 4) is 11.5 Å². The van der Waals surface area contributed by atoms with E-state index in [2.05, 4.69) is 4.98 Å². The molecule has 1 unspecified atom stereocenters. The maximum atomic E-state index is 13.4. The highest BCUT2D eigenvalue weighted by molar-refractivity contribution is 5.95. The molecule has 1 saturated heterocycles. The van der Waals surface area contributed by atoms with Gasteiger partial charge in [-0.3, -0.25) is 9.59 Å². The maximum Gasteiger partial charge on any atom is 0.254 e. The lowest BCUT2D eigenvalue weighted by atomic mass is 10.1. The number of carbonyl (C=O) groups is 2. The summed E-state index contributed by atoms with van der Waals surface area (Å²) in [7, 11) is 0. The zero-order valence-corrected chi connectivity index (χ0v) is 17.0. The highest BCUT2D eigenvalue weighted by atomic mass is 19.1. The molecule has 1 aliphatic carbocycles. The number of fused-ring (bicyclic) bond motifs is 1. The molecule has 7 nitrogen and oxygen atoms in total. The third-order valence-electron chi connectivity index (χ3n) is 6.03. The second-order valence-electron chi connectivity index (χ2n) is 8.34. The lowest BCUT2D eigenvalue weighted by molar-refractivity contribution is -0.144. The Kier molecular flexibility index (Phi) is 4.55. The Morgan fingerprint density at radius 1 is 1.16 bits per heavy atom. The minimum absolute atomic E-state index is 0.115. The highest BCUT2D eigenvalue weighted by Gasteiger charge is 2.51. The molecule has 2 heterocycles. The van der Waals surface area contributed by atoms with Gasteiger partial charge in [-0.15, -0.1) is 0 Å². The van der Waals surface area contributed by atoms with Crippen LogP contribution in [0.1, 0.15) is 30.1 Å². The van der Waals surface area contributed by atoms with E-state index >= 15 is 0 Å². The molecule has 2 amide bonds. The van der Waals surface area contributed by atoms with Crippen LogP contribution in [0.25, 0.3) is 22.6 Å². The van der Waals surface area contributed by atoms with E-state index in [1.807, 2.05) is 6.92 Å². The molecule has 0 spiro atoms. The van der Waals surface area contributed by atoms with Gasteiger partial charge in [-0.05, 0) is 56.2 Å². The largest absolute Gasteiger partial charge is 0.436 e.